The first-order valence-electron chi connectivity index (χ1n) is 12.2. The van der Waals surface area contributed by atoms with Gasteiger partial charge in [-0.1, -0.05) is 29.4 Å². The fraction of sp³-hybridized carbons (Fsp3) is 0.385. The van der Waals surface area contributed by atoms with Crippen molar-refractivity contribution in [1.29, 1.82) is 0 Å². The molecule has 1 saturated carbocycles. The molecule has 0 spiro atoms. The number of aryl methyl sites for hydroxylation is 1. The third-order valence-corrected chi connectivity index (χ3v) is 6.79. The second-order valence-electron chi connectivity index (χ2n) is 9.58. The van der Waals surface area contributed by atoms with Crippen molar-refractivity contribution in [2.24, 2.45) is 11.7 Å². The molecule has 2 heterocycles. The van der Waals surface area contributed by atoms with Crippen LogP contribution in [0.1, 0.15) is 40.7 Å². The first kappa shape index (κ1) is 25.7. The van der Waals surface area contributed by atoms with Crippen molar-refractivity contribution in [3.63, 3.8) is 0 Å². The molecule has 3 N–H and O–H groups in total. The van der Waals surface area contributed by atoms with Gasteiger partial charge in [-0.3, -0.25) is 14.5 Å². The number of halogens is 3. The summed E-state index contributed by atoms with van der Waals surface area (Å²) in [7, 11) is 0. The fourth-order valence-corrected chi connectivity index (χ4v) is 4.98. The zero-order chi connectivity index (χ0) is 27.0. The Balaban J connectivity index is 1.38. The number of hydrogen-bond donors (Lipinski definition) is 2. The van der Waals surface area contributed by atoms with Crippen molar-refractivity contribution in [3.05, 3.63) is 64.8 Å². The SMILES string of the molecule is Cc1noc([C@H]2C[C@H]2C(=O)NCc2ccc(-c3cccc(OC(F)(F)F)c3)c3c2CN(CC(N)=O)CC3)n1. The summed E-state index contributed by atoms with van der Waals surface area (Å²) in [6.07, 6.45) is -3.60. The van der Waals surface area contributed by atoms with Gasteiger partial charge in [0.15, 0.2) is 5.82 Å². The van der Waals surface area contributed by atoms with E-state index in [0.29, 0.717) is 43.2 Å². The fourth-order valence-electron chi connectivity index (χ4n) is 4.98. The van der Waals surface area contributed by atoms with Crippen molar-refractivity contribution < 1.29 is 32.0 Å². The highest BCUT2D eigenvalue weighted by Crippen LogP contribution is 2.47. The highest BCUT2D eigenvalue weighted by atomic mass is 19.4. The Morgan fingerprint density at radius 2 is 2.05 bits per heavy atom. The molecule has 1 fully saturated rings. The largest absolute Gasteiger partial charge is 0.573 e. The minimum Gasteiger partial charge on any atom is -0.406 e. The Hall–Kier alpha value is -3.93. The average Bonchev–Trinajstić information content (AvgIpc) is 3.54. The number of alkyl halides is 3. The van der Waals surface area contributed by atoms with Crippen LogP contribution >= 0.6 is 0 Å². The molecule has 0 unspecified atom stereocenters. The molecule has 2 aliphatic rings. The van der Waals surface area contributed by atoms with Crippen LogP contribution in [0.25, 0.3) is 11.1 Å². The van der Waals surface area contributed by atoms with E-state index in [1.165, 1.54) is 18.2 Å². The van der Waals surface area contributed by atoms with Crippen molar-refractivity contribution >= 4 is 11.8 Å². The van der Waals surface area contributed by atoms with Crippen molar-refractivity contribution in [2.45, 2.75) is 45.1 Å². The quantitative estimate of drug-likeness (QED) is 0.459. The van der Waals surface area contributed by atoms with E-state index in [4.69, 9.17) is 10.3 Å². The Labute approximate surface area is 216 Å². The highest BCUT2D eigenvalue weighted by molar-refractivity contribution is 5.82. The first-order valence-corrected chi connectivity index (χ1v) is 12.2. The summed E-state index contributed by atoms with van der Waals surface area (Å²) < 4.78 is 47.6. The van der Waals surface area contributed by atoms with Crippen LogP contribution in [0.5, 0.6) is 5.75 Å². The lowest BCUT2D eigenvalue weighted by molar-refractivity contribution is -0.274. The molecule has 9 nitrogen and oxygen atoms in total. The minimum absolute atomic E-state index is 0.0811. The number of aromatic nitrogens is 2. The van der Waals surface area contributed by atoms with Crippen molar-refractivity contribution in [1.82, 2.24) is 20.4 Å². The number of amides is 2. The van der Waals surface area contributed by atoms with Gasteiger partial charge >= 0.3 is 6.36 Å². The third kappa shape index (κ3) is 5.80. The Morgan fingerprint density at radius 3 is 2.76 bits per heavy atom. The van der Waals surface area contributed by atoms with Gasteiger partial charge in [-0.05, 0) is 59.7 Å². The number of ether oxygens (including phenoxy) is 1. The molecule has 1 aromatic heterocycles. The summed E-state index contributed by atoms with van der Waals surface area (Å²) in [5.41, 5.74) is 9.49. The topological polar surface area (TPSA) is 124 Å². The van der Waals surface area contributed by atoms with Gasteiger partial charge in [-0.15, -0.1) is 13.2 Å². The number of nitrogens with zero attached hydrogens (tertiary/aromatic N) is 3. The predicted octanol–water partition coefficient (Wildman–Crippen LogP) is 3.21. The number of nitrogens with two attached hydrogens (primary N) is 1. The van der Waals surface area contributed by atoms with Gasteiger partial charge in [0.05, 0.1) is 18.4 Å². The Kier molecular flexibility index (Phi) is 6.82. The number of fused-ring (bicyclic) bond motifs is 1. The average molecular weight is 530 g/mol. The monoisotopic (exact) mass is 529 g/mol. The van der Waals surface area contributed by atoms with Crippen LogP contribution in [-0.2, 0) is 29.1 Å². The number of rotatable bonds is 8. The molecule has 2 atom stereocenters. The molecule has 0 radical (unpaired) electrons. The summed E-state index contributed by atoms with van der Waals surface area (Å²) in [5, 5.41) is 6.76. The lowest BCUT2D eigenvalue weighted by atomic mass is 9.87. The number of hydrogen-bond acceptors (Lipinski definition) is 7. The zero-order valence-electron chi connectivity index (χ0n) is 20.5. The maximum Gasteiger partial charge on any atom is 0.573 e. The highest BCUT2D eigenvalue weighted by Gasteiger charge is 2.47. The summed E-state index contributed by atoms with van der Waals surface area (Å²) in [5.74, 6) is -0.228. The zero-order valence-corrected chi connectivity index (χ0v) is 20.5. The van der Waals surface area contributed by atoms with Crippen LogP contribution in [0.15, 0.2) is 40.9 Å². The van der Waals surface area contributed by atoms with E-state index < -0.39 is 12.3 Å². The van der Waals surface area contributed by atoms with E-state index in [0.717, 1.165) is 22.3 Å². The molecule has 38 heavy (non-hydrogen) atoms. The van der Waals surface area contributed by atoms with E-state index in [9.17, 15) is 22.8 Å². The summed E-state index contributed by atoms with van der Waals surface area (Å²) >= 11 is 0. The number of benzene rings is 2. The maximum atomic E-state index is 12.8. The molecular weight excluding hydrogens is 503 g/mol. The van der Waals surface area contributed by atoms with E-state index in [1.807, 2.05) is 17.0 Å². The molecule has 0 bridgehead atoms. The second-order valence-corrected chi connectivity index (χ2v) is 9.58. The van der Waals surface area contributed by atoms with Gasteiger partial charge in [0, 0.05) is 19.6 Å². The summed E-state index contributed by atoms with van der Waals surface area (Å²) in [6.45, 7) is 3.04. The number of nitrogens with one attached hydrogen (secondary N) is 1. The molecule has 0 saturated heterocycles. The molecule has 12 heteroatoms. The molecule has 2 amide bonds. The van der Waals surface area contributed by atoms with Crippen LogP contribution in [0, 0.1) is 12.8 Å². The smallest absolute Gasteiger partial charge is 0.406 e. The Bertz CT molecular complexity index is 1370. The minimum atomic E-state index is -4.79. The van der Waals surface area contributed by atoms with Crippen LogP contribution in [-0.4, -0.2) is 46.3 Å². The van der Waals surface area contributed by atoms with Crippen molar-refractivity contribution in [2.75, 3.05) is 13.1 Å². The predicted molar refractivity (Wildman–Crippen MR) is 128 cm³/mol. The Morgan fingerprint density at radius 1 is 1.24 bits per heavy atom. The van der Waals surface area contributed by atoms with Gasteiger partial charge in [0.25, 0.3) is 0 Å². The van der Waals surface area contributed by atoms with Crippen LogP contribution in [0.4, 0.5) is 13.2 Å². The molecular formula is C26H26F3N5O4. The van der Waals surface area contributed by atoms with E-state index in [2.05, 4.69) is 20.2 Å². The molecule has 3 aromatic rings. The molecule has 1 aliphatic carbocycles. The summed E-state index contributed by atoms with van der Waals surface area (Å²) in [4.78, 5) is 30.5. The normalized spacial score (nSPS) is 19.1. The van der Waals surface area contributed by atoms with Crippen LogP contribution < -0.4 is 15.8 Å². The molecule has 1 aliphatic heterocycles. The van der Waals surface area contributed by atoms with Gasteiger partial charge in [-0.25, -0.2) is 0 Å². The lowest BCUT2D eigenvalue weighted by Gasteiger charge is -2.31. The van der Waals surface area contributed by atoms with E-state index in [1.54, 1.807) is 13.0 Å². The molecule has 200 valence electrons. The van der Waals surface area contributed by atoms with Crippen molar-refractivity contribution in [3.8, 4) is 16.9 Å². The van der Waals surface area contributed by atoms with Gasteiger partial charge < -0.3 is 20.3 Å². The lowest BCUT2D eigenvalue weighted by Crippen LogP contribution is -2.38. The first-order chi connectivity index (χ1) is 18.1. The number of primary amides is 1. The van der Waals surface area contributed by atoms with Gasteiger partial charge in [0.2, 0.25) is 17.7 Å². The third-order valence-electron chi connectivity index (χ3n) is 6.79. The maximum absolute atomic E-state index is 12.8. The van der Waals surface area contributed by atoms with Crippen LogP contribution in [0.3, 0.4) is 0 Å². The number of carbonyl (C=O) groups excluding carboxylic acids is 2. The van der Waals surface area contributed by atoms with E-state index >= 15 is 0 Å². The summed E-state index contributed by atoms with van der Waals surface area (Å²) in [6, 6.07) is 9.54. The van der Waals surface area contributed by atoms with Crippen LogP contribution in [0.2, 0.25) is 0 Å². The van der Waals surface area contributed by atoms with Gasteiger partial charge in [-0.2, -0.15) is 4.98 Å². The standard InChI is InChI=1S/C26H26F3N5O4/c1-14-32-25(38-33-14)21-10-20(21)24(36)31-11-16-5-6-18(15-3-2-4-17(9-15)37-26(27,28)29)19-7-8-34(12-22(16)19)13-23(30)35/h2-6,9,20-21H,7-8,10-13H2,1H3,(H2,30,35)(H,31,36)/t20-,21+/m1/s1. The molecule has 5 rings (SSSR count). The van der Waals surface area contributed by atoms with Gasteiger partial charge in [0.1, 0.15) is 5.75 Å². The van der Waals surface area contributed by atoms with E-state index in [-0.39, 0.29) is 36.6 Å². The molecule has 2 aromatic carbocycles. The second kappa shape index (κ2) is 10.1. The number of carbonyl (C=O) groups is 2.